The molecule has 0 atom stereocenters. The van der Waals surface area contributed by atoms with Crippen molar-refractivity contribution in [1.29, 1.82) is 5.26 Å². The van der Waals surface area contributed by atoms with Crippen molar-refractivity contribution in [2.24, 2.45) is 0 Å². The zero-order valence-electron chi connectivity index (χ0n) is 13.2. The van der Waals surface area contributed by atoms with Gasteiger partial charge < -0.3 is 10.5 Å². The van der Waals surface area contributed by atoms with Crippen LogP contribution >= 0.6 is 0 Å². The van der Waals surface area contributed by atoms with Gasteiger partial charge in [-0.25, -0.2) is 4.68 Å². The van der Waals surface area contributed by atoms with Gasteiger partial charge in [-0.15, -0.1) is 5.10 Å². The summed E-state index contributed by atoms with van der Waals surface area (Å²) in [5.74, 6) is 0.704. The number of nitrogen functional groups attached to an aromatic ring is 1. The first-order valence-corrected chi connectivity index (χ1v) is 7.60. The highest BCUT2D eigenvalue weighted by molar-refractivity contribution is 5.55. The van der Waals surface area contributed by atoms with Gasteiger partial charge in [0.15, 0.2) is 5.56 Å². The molecule has 0 amide bonds. The molecule has 5 nitrogen and oxygen atoms in total. The molecule has 0 aliphatic heterocycles. The third kappa shape index (κ3) is 3.79. The van der Waals surface area contributed by atoms with Gasteiger partial charge in [-0.2, -0.15) is 5.26 Å². The number of anilines is 1. The highest BCUT2D eigenvalue weighted by atomic mass is 16.5. The Kier molecular flexibility index (Phi) is 5.42. The lowest BCUT2D eigenvalue weighted by Gasteiger charge is -2.04. The summed E-state index contributed by atoms with van der Waals surface area (Å²) < 4.78 is 7.37. The molecule has 0 fully saturated rings. The molecule has 1 aromatic heterocycles. The van der Waals surface area contributed by atoms with Crippen LogP contribution in [0.1, 0.15) is 42.9 Å². The second-order valence-corrected chi connectivity index (χ2v) is 5.39. The number of nitrogens with two attached hydrogens (primary N) is 1. The van der Waals surface area contributed by atoms with Crippen LogP contribution in [0.15, 0.2) is 24.3 Å². The van der Waals surface area contributed by atoms with Gasteiger partial charge in [0.05, 0.1) is 0 Å². The maximum atomic E-state index is 9.26. The van der Waals surface area contributed by atoms with Gasteiger partial charge in [0.2, 0.25) is 0 Å². The van der Waals surface area contributed by atoms with Gasteiger partial charge in [-0.3, -0.25) is 0 Å². The number of hydrogen-bond donors (Lipinski definition) is 1. The lowest BCUT2D eigenvalue weighted by molar-refractivity contribution is 0.288. The van der Waals surface area contributed by atoms with Crippen molar-refractivity contribution in [3.05, 3.63) is 41.0 Å². The Bertz CT molecular complexity index is 670. The van der Waals surface area contributed by atoms with Crippen LogP contribution in [0.5, 0.6) is 5.88 Å². The molecule has 0 radical (unpaired) electrons. The molecule has 2 rings (SSSR count). The molecule has 2 aromatic rings. The predicted octanol–water partition coefficient (Wildman–Crippen LogP) is 3.41. The van der Waals surface area contributed by atoms with Crippen molar-refractivity contribution < 1.29 is 4.74 Å². The van der Waals surface area contributed by atoms with Crippen LogP contribution in [-0.2, 0) is 13.2 Å². The SMILES string of the molecule is CCCCCn1nc(OCc2cccc(C)c2)c(C#N)c1N. The topological polar surface area (TPSA) is 76.9 Å². The smallest absolute Gasteiger partial charge is 0.253 e. The van der Waals surface area contributed by atoms with Crippen LogP contribution in [0, 0.1) is 18.3 Å². The molecule has 1 heterocycles. The number of nitriles is 1. The number of ether oxygens (including phenoxy) is 1. The molecule has 0 saturated heterocycles. The summed E-state index contributed by atoms with van der Waals surface area (Å²) in [4.78, 5) is 0. The van der Waals surface area contributed by atoms with E-state index in [0.29, 0.717) is 30.4 Å². The normalized spacial score (nSPS) is 10.4. The highest BCUT2D eigenvalue weighted by Crippen LogP contribution is 2.24. The maximum absolute atomic E-state index is 9.26. The van der Waals surface area contributed by atoms with Gasteiger partial charge in [-0.05, 0) is 18.9 Å². The van der Waals surface area contributed by atoms with E-state index in [0.717, 1.165) is 24.8 Å². The lowest BCUT2D eigenvalue weighted by Crippen LogP contribution is -2.05. The number of aromatic nitrogens is 2. The van der Waals surface area contributed by atoms with E-state index in [-0.39, 0.29) is 0 Å². The number of rotatable bonds is 7. The van der Waals surface area contributed by atoms with Crippen molar-refractivity contribution >= 4 is 5.82 Å². The fraction of sp³-hybridized carbons (Fsp3) is 0.412. The summed E-state index contributed by atoms with van der Waals surface area (Å²) in [6.45, 7) is 5.26. The Morgan fingerprint density at radius 3 is 2.86 bits per heavy atom. The van der Waals surface area contributed by atoms with Crippen molar-refractivity contribution in [3.8, 4) is 11.9 Å². The molecule has 1 aromatic carbocycles. The molecule has 0 spiro atoms. The van der Waals surface area contributed by atoms with Crippen LogP contribution in [0.2, 0.25) is 0 Å². The van der Waals surface area contributed by atoms with Gasteiger partial charge in [0.1, 0.15) is 18.5 Å². The Balaban J connectivity index is 2.10. The average Bonchev–Trinajstić information content (AvgIpc) is 2.81. The monoisotopic (exact) mass is 298 g/mol. The van der Waals surface area contributed by atoms with Crippen LogP contribution < -0.4 is 10.5 Å². The predicted molar refractivity (Wildman–Crippen MR) is 86.4 cm³/mol. The number of nitrogens with zero attached hydrogens (tertiary/aromatic N) is 3. The molecule has 0 unspecified atom stereocenters. The molecular weight excluding hydrogens is 276 g/mol. The molecule has 5 heteroatoms. The molecule has 0 bridgehead atoms. The molecule has 22 heavy (non-hydrogen) atoms. The van der Waals surface area contributed by atoms with Gasteiger partial charge >= 0.3 is 0 Å². The van der Waals surface area contributed by atoms with E-state index in [1.54, 1.807) is 4.68 Å². The van der Waals surface area contributed by atoms with E-state index in [1.165, 1.54) is 5.56 Å². The zero-order valence-corrected chi connectivity index (χ0v) is 13.2. The minimum absolute atomic E-state index is 0.318. The third-order valence-corrected chi connectivity index (χ3v) is 3.50. The number of benzene rings is 1. The molecule has 116 valence electrons. The van der Waals surface area contributed by atoms with Crippen molar-refractivity contribution in [1.82, 2.24) is 9.78 Å². The summed E-state index contributed by atoms with van der Waals surface area (Å²) in [6.07, 6.45) is 3.23. The fourth-order valence-electron chi connectivity index (χ4n) is 2.29. The quantitative estimate of drug-likeness (QED) is 0.795. The summed E-state index contributed by atoms with van der Waals surface area (Å²) in [5.41, 5.74) is 8.53. The van der Waals surface area contributed by atoms with Crippen LogP contribution in [0.25, 0.3) is 0 Å². The number of aryl methyl sites for hydroxylation is 2. The minimum Gasteiger partial charge on any atom is -0.471 e. The summed E-state index contributed by atoms with van der Waals surface area (Å²) >= 11 is 0. The zero-order chi connectivity index (χ0) is 15.9. The number of hydrogen-bond acceptors (Lipinski definition) is 4. The van der Waals surface area contributed by atoms with Crippen LogP contribution in [-0.4, -0.2) is 9.78 Å². The van der Waals surface area contributed by atoms with Gasteiger partial charge in [-0.1, -0.05) is 49.6 Å². The van der Waals surface area contributed by atoms with Crippen LogP contribution in [0.3, 0.4) is 0 Å². The molecule has 0 aliphatic carbocycles. The first kappa shape index (κ1) is 15.9. The summed E-state index contributed by atoms with van der Waals surface area (Å²) in [5, 5.41) is 13.6. The van der Waals surface area contributed by atoms with Gasteiger partial charge in [0.25, 0.3) is 5.88 Å². The Morgan fingerprint density at radius 1 is 1.36 bits per heavy atom. The van der Waals surface area contributed by atoms with Crippen molar-refractivity contribution in [2.75, 3.05) is 5.73 Å². The molecular formula is C17H22N4O. The van der Waals surface area contributed by atoms with E-state index < -0.39 is 0 Å². The molecule has 0 aliphatic rings. The van der Waals surface area contributed by atoms with E-state index in [4.69, 9.17) is 10.5 Å². The molecule has 0 saturated carbocycles. The lowest BCUT2D eigenvalue weighted by atomic mass is 10.1. The minimum atomic E-state index is 0.318. The fourth-order valence-corrected chi connectivity index (χ4v) is 2.29. The third-order valence-electron chi connectivity index (χ3n) is 3.50. The van der Waals surface area contributed by atoms with E-state index in [1.807, 2.05) is 31.2 Å². The average molecular weight is 298 g/mol. The van der Waals surface area contributed by atoms with E-state index in [9.17, 15) is 5.26 Å². The summed E-state index contributed by atoms with van der Waals surface area (Å²) in [6, 6.07) is 10.1. The standard InChI is InChI=1S/C17H22N4O/c1-3-4-5-9-21-16(19)15(11-18)17(20-21)22-12-14-8-6-7-13(2)10-14/h6-8,10H,3-5,9,12,19H2,1-2H3. The van der Waals surface area contributed by atoms with Gasteiger partial charge in [0, 0.05) is 6.54 Å². The Hall–Kier alpha value is -2.48. The first-order valence-electron chi connectivity index (χ1n) is 7.60. The maximum Gasteiger partial charge on any atom is 0.253 e. The van der Waals surface area contributed by atoms with E-state index in [2.05, 4.69) is 18.1 Å². The van der Waals surface area contributed by atoms with Crippen molar-refractivity contribution in [3.63, 3.8) is 0 Å². The van der Waals surface area contributed by atoms with Crippen molar-refractivity contribution in [2.45, 2.75) is 46.3 Å². The van der Waals surface area contributed by atoms with E-state index >= 15 is 0 Å². The largest absolute Gasteiger partial charge is 0.471 e. The first-order chi connectivity index (χ1) is 10.7. The second-order valence-electron chi connectivity index (χ2n) is 5.39. The number of unbranched alkanes of at least 4 members (excludes halogenated alkanes) is 2. The highest BCUT2D eigenvalue weighted by Gasteiger charge is 2.16. The van der Waals surface area contributed by atoms with Crippen LogP contribution in [0.4, 0.5) is 5.82 Å². The summed E-state index contributed by atoms with van der Waals surface area (Å²) in [7, 11) is 0. The molecule has 2 N–H and O–H groups in total. The Labute approximate surface area is 131 Å². The second kappa shape index (κ2) is 7.51. The Morgan fingerprint density at radius 2 is 2.18 bits per heavy atom.